The normalized spacial score (nSPS) is 9.42. The highest BCUT2D eigenvalue weighted by atomic mass is 32.1. The first-order valence-corrected chi connectivity index (χ1v) is 6.76. The molecule has 3 N–H and O–H groups in total. The van der Waals surface area contributed by atoms with Crippen LogP contribution in [0.4, 0.5) is 0 Å². The van der Waals surface area contributed by atoms with Crippen molar-refractivity contribution in [3.8, 4) is 11.8 Å². The average Bonchev–Trinajstić information content (AvgIpc) is 2.83. The number of hydrogen-bond donors (Lipinski definition) is 2. The summed E-state index contributed by atoms with van der Waals surface area (Å²) < 4.78 is 0. The lowest BCUT2D eigenvalue weighted by Crippen LogP contribution is -2.38. The molecule has 1 heterocycles. The Morgan fingerprint density at radius 1 is 1.53 bits per heavy atom. The molecule has 0 fully saturated rings. The van der Waals surface area contributed by atoms with E-state index in [-0.39, 0.29) is 24.9 Å². The molecular formula is C13H17N3O2S. The Hall–Kier alpha value is -1.84. The molecule has 0 radical (unpaired) electrons. The molecule has 0 aliphatic rings. The molecule has 1 aromatic heterocycles. The number of hydrogen-bond acceptors (Lipinski definition) is 4. The molecule has 6 heteroatoms. The van der Waals surface area contributed by atoms with Crippen LogP contribution in [0.3, 0.4) is 0 Å². The second kappa shape index (κ2) is 7.56. The maximum atomic E-state index is 12.2. The van der Waals surface area contributed by atoms with Gasteiger partial charge in [-0.1, -0.05) is 11.8 Å². The number of likely N-dealkylation sites (N-methyl/N-ethyl adjacent to an activating group) is 2. The van der Waals surface area contributed by atoms with Gasteiger partial charge in [0.25, 0.3) is 5.91 Å². The first kappa shape index (κ1) is 15.2. The number of carbonyl (C=O) groups is 2. The van der Waals surface area contributed by atoms with Crippen molar-refractivity contribution in [3.63, 3.8) is 0 Å². The van der Waals surface area contributed by atoms with E-state index in [0.717, 1.165) is 0 Å². The Bertz CT molecular complexity index is 513. The highest BCUT2D eigenvalue weighted by Gasteiger charge is 2.18. The van der Waals surface area contributed by atoms with Crippen molar-refractivity contribution in [1.82, 2.24) is 10.2 Å². The Morgan fingerprint density at radius 3 is 2.89 bits per heavy atom. The van der Waals surface area contributed by atoms with Crippen LogP contribution in [0.2, 0.25) is 0 Å². The van der Waals surface area contributed by atoms with Crippen molar-refractivity contribution in [1.29, 1.82) is 0 Å². The third-order valence-corrected chi connectivity index (χ3v) is 3.19. The molecule has 2 amide bonds. The largest absolute Gasteiger partial charge is 0.355 e. The van der Waals surface area contributed by atoms with Crippen molar-refractivity contribution in [3.05, 3.63) is 21.9 Å². The first-order chi connectivity index (χ1) is 9.10. The number of carbonyl (C=O) groups excluding carboxylic acids is 2. The van der Waals surface area contributed by atoms with Gasteiger partial charge in [0.05, 0.1) is 13.1 Å². The van der Waals surface area contributed by atoms with Gasteiger partial charge in [-0.3, -0.25) is 9.59 Å². The van der Waals surface area contributed by atoms with Crippen LogP contribution in [0.1, 0.15) is 22.2 Å². The van der Waals surface area contributed by atoms with Crippen molar-refractivity contribution in [2.75, 3.05) is 26.7 Å². The van der Waals surface area contributed by atoms with Gasteiger partial charge in [0.1, 0.15) is 4.88 Å². The van der Waals surface area contributed by atoms with Crippen molar-refractivity contribution in [2.45, 2.75) is 6.92 Å². The number of amides is 2. The van der Waals surface area contributed by atoms with E-state index >= 15 is 0 Å². The van der Waals surface area contributed by atoms with Crippen LogP contribution in [0.25, 0.3) is 0 Å². The second-order valence-corrected chi connectivity index (χ2v) is 4.70. The smallest absolute Gasteiger partial charge is 0.265 e. The topological polar surface area (TPSA) is 75.4 Å². The fraction of sp³-hybridized carbons (Fsp3) is 0.385. The minimum atomic E-state index is -0.206. The van der Waals surface area contributed by atoms with Gasteiger partial charge in [-0.2, -0.15) is 0 Å². The lowest BCUT2D eigenvalue weighted by Gasteiger charge is -2.15. The number of nitrogens with one attached hydrogen (secondary N) is 1. The summed E-state index contributed by atoms with van der Waals surface area (Å²) in [6.45, 7) is 2.67. The monoisotopic (exact) mass is 279 g/mol. The Morgan fingerprint density at radius 2 is 2.26 bits per heavy atom. The minimum absolute atomic E-state index is 0.0360. The minimum Gasteiger partial charge on any atom is -0.355 e. The molecule has 0 aliphatic heterocycles. The van der Waals surface area contributed by atoms with Gasteiger partial charge < -0.3 is 16.0 Å². The van der Waals surface area contributed by atoms with E-state index in [1.807, 2.05) is 6.92 Å². The van der Waals surface area contributed by atoms with Gasteiger partial charge in [-0.15, -0.1) is 11.3 Å². The molecule has 102 valence electrons. The zero-order valence-corrected chi connectivity index (χ0v) is 11.8. The zero-order valence-electron chi connectivity index (χ0n) is 11.0. The molecule has 1 aromatic rings. The molecule has 19 heavy (non-hydrogen) atoms. The van der Waals surface area contributed by atoms with E-state index in [9.17, 15) is 9.59 Å². The van der Waals surface area contributed by atoms with E-state index in [2.05, 4.69) is 17.2 Å². The first-order valence-electron chi connectivity index (χ1n) is 5.88. The van der Waals surface area contributed by atoms with E-state index in [0.29, 0.717) is 17.0 Å². The number of nitrogens with zero attached hydrogens (tertiary/aromatic N) is 1. The zero-order chi connectivity index (χ0) is 14.3. The molecular weight excluding hydrogens is 262 g/mol. The average molecular weight is 279 g/mol. The van der Waals surface area contributed by atoms with E-state index in [4.69, 9.17) is 5.73 Å². The SMILES string of the molecule is CCNC(=O)CN(C)C(=O)c1sccc1C#CCN. The molecule has 0 aliphatic carbocycles. The summed E-state index contributed by atoms with van der Waals surface area (Å²) >= 11 is 1.31. The second-order valence-electron chi connectivity index (χ2n) is 3.78. The van der Waals surface area contributed by atoms with Crippen molar-refractivity contribution >= 4 is 23.2 Å². The predicted octanol–water partition coefficient (Wildman–Crippen LogP) is 0.266. The Labute approximate surface area is 116 Å². The van der Waals surface area contributed by atoms with Gasteiger partial charge in [-0.05, 0) is 18.4 Å². The summed E-state index contributed by atoms with van der Waals surface area (Å²) in [6, 6.07) is 1.78. The lowest BCUT2D eigenvalue weighted by molar-refractivity contribution is -0.121. The molecule has 0 saturated heterocycles. The maximum absolute atomic E-state index is 12.2. The van der Waals surface area contributed by atoms with Crippen LogP contribution < -0.4 is 11.1 Å². The summed E-state index contributed by atoms with van der Waals surface area (Å²) in [4.78, 5) is 25.5. The third-order valence-electron chi connectivity index (χ3n) is 2.29. The van der Waals surface area contributed by atoms with Crippen LogP contribution >= 0.6 is 11.3 Å². The Kier molecular flexibility index (Phi) is 6.06. The fourth-order valence-electron chi connectivity index (χ4n) is 1.43. The third kappa shape index (κ3) is 4.39. The lowest BCUT2D eigenvalue weighted by atomic mass is 10.2. The van der Waals surface area contributed by atoms with E-state index in [1.165, 1.54) is 16.2 Å². The van der Waals surface area contributed by atoms with Crippen LogP contribution in [-0.4, -0.2) is 43.4 Å². The summed E-state index contributed by atoms with van der Waals surface area (Å²) in [5.74, 6) is 5.19. The fourth-order valence-corrected chi connectivity index (χ4v) is 2.28. The summed E-state index contributed by atoms with van der Waals surface area (Å²) in [7, 11) is 1.59. The van der Waals surface area contributed by atoms with Crippen LogP contribution in [0.15, 0.2) is 11.4 Å². The van der Waals surface area contributed by atoms with Gasteiger partial charge >= 0.3 is 0 Å². The predicted molar refractivity (Wildman–Crippen MR) is 75.9 cm³/mol. The van der Waals surface area contributed by atoms with Gasteiger partial charge in [0.15, 0.2) is 0 Å². The molecule has 5 nitrogen and oxygen atoms in total. The summed E-state index contributed by atoms with van der Waals surface area (Å²) in [5, 5.41) is 4.45. The number of nitrogens with two attached hydrogens (primary N) is 1. The molecule has 0 spiro atoms. The molecule has 0 unspecified atom stereocenters. The quantitative estimate of drug-likeness (QED) is 0.777. The summed E-state index contributed by atoms with van der Waals surface area (Å²) in [6.07, 6.45) is 0. The highest BCUT2D eigenvalue weighted by Crippen LogP contribution is 2.17. The van der Waals surface area contributed by atoms with Crippen LogP contribution in [0, 0.1) is 11.8 Å². The van der Waals surface area contributed by atoms with Gasteiger partial charge in [-0.25, -0.2) is 0 Å². The summed E-state index contributed by atoms with van der Waals surface area (Å²) in [5.41, 5.74) is 5.97. The van der Waals surface area contributed by atoms with Gasteiger partial charge in [0.2, 0.25) is 5.91 Å². The molecule has 1 rings (SSSR count). The van der Waals surface area contributed by atoms with E-state index in [1.54, 1.807) is 18.5 Å². The molecule has 0 bridgehead atoms. The molecule has 0 saturated carbocycles. The van der Waals surface area contributed by atoms with Crippen molar-refractivity contribution < 1.29 is 9.59 Å². The van der Waals surface area contributed by atoms with Crippen LogP contribution in [-0.2, 0) is 4.79 Å². The Balaban J connectivity index is 2.77. The molecule has 0 aromatic carbocycles. The van der Waals surface area contributed by atoms with E-state index < -0.39 is 0 Å². The molecule has 0 atom stereocenters. The number of rotatable bonds is 4. The van der Waals surface area contributed by atoms with Crippen molar-refractivity contribution in [2.24, 2.45) is 5.73 Å². The highest BCUT2D eigenvalue weighted by molar-refractivity contribution is 7.12. The maximum Gasteiger partial charge on any atom is 0.265 e. The number of thiophene rings is 1. The van der Waals surface area contributed by atoms with Gasteiger partial charge in [0, 0.05) is 19.2 Å². The van der Waals surface area contributed by atoms with Crippen LogP contribution in [0.5, 0.6) is 0 Å². The standard InChI is InChI=1S/C13H17N3O2S/c1-3-15-11(17)9-16(2)13(18)12-10(5-4-7-14)6-8-19-12/h6,8H,3,7,9,14H2,1-2H3,(H,15,17).